The van der Waals surface area contributed by atoms with Crippen molar-refractivity contribution in [2.75, 3.05) is 0 Å². The molecule has 0 spiro atoms. The van der Waals surface area contributed by atoms with Gasteiger partial charge >= 0.3 is 0 Å². The Hall–Kier alpha value is -0.0400. The average Bonchev–Trinajstić information content (AvgIpc) is 2.07. The first-order chi connectivity index (χ1) is 6.43. The van der Waals surface area contributed by atoms with E-state index in [9.17, 15) is 0 Å². The number of hydrogen-bond donors (Lipinski definition) is 1. The molecule has 0 heterocycles. The molecule has 14 heavy (non-hydrogen) atoms. The predicted octanol–water partition coefficient (Wildman–Crippen LogP) is 3.29. The first-order valence-corrected chi connectivity index (χ1v) is 6.19. The highest BCUT2D eigenvalue weighted by atomic mass is 14.7. The van der Waals surface area contributed by atoms with Gasteiger partial charge in [-0.2, -0.15) is 0 Å². The average molecular weight is 197 g/mol. The topological polar surface area (TPSA) is 26.0 Å². The third kappa shape index (κ3) is 2.50. The van der Waals surface area contributed by atoms with Gasteiger partial charge in [-0.1, -0.05) is 34.6 Å². The second-order valence-electron chi connectivity index (χ2n) is 5.97. The zero-order chi connectivity index (χ0) is 10.9. The molecule has 2 atom stereocenters. The molecule has 2 unspecified atom stereocenters. The first kappa shape index (κ1) is 12.0. The summed E-state index contributed by atoms with van der Waals surface area (Å²) in [5.74, 6) is 3.84. The van der Waals surface area contributed by atoms with Crippen LogP contribution in [-0.2, 0) is 0 Å². The third-order valence-electron chi connectivity index (χ3n) is 4.05. The van der Waals surface area contributed by atoms with E-state index in [1.807, 2.05) is 0 Å². The molecule has 0 aromatic carbocycles. The summed E-state index contributed by atoms with van der Waals surface area (Å²) in [6, 6.07) is 0.436. The molecule has 1 fully saturated rings. The molecule has 0 aliphatic heterocycles. The van der Waals surface area contributed by atoms with Crippen molar-refractivity contribution < 1.29 is 0 Å². The second kappa shape index (κ2) is 4.65. The third-order valence-corrected chi connectivity index (χ3v) is 4.05. The minimum Gasteiger partial charge on any atom is -0.327 e. The van der Waals surface area contributed by atoms with Crippen molar-refractivity contribution in [1.82, 2.24) is 0 Å². The SMILES string of the molecule is CC1CC(C(C)C)C(N)C(C(C)C)C1. The lowest BCUT2D eigenvalue weighted by Crippen LogP contribution is -2.47. The minimum absolute atomic E-state index is 0.436. The van der Waals surface area contributed by atoms with Gasteiger partial charge in [0.1, 0.15) is 0 Å². The van der Waals surface area contributed by atoms with E-state index in [1.54, 1.807) is 0 Å². The monoisotopic (exact) mass is 197 g/mol. The Bertz CT molecular complexity index is 156. The molecule has 84 valence electrons. The molecule has 0 amide bonds. The quantitative estimate of drug-likeness (QED) is 0.722. The Labute approximate surface area is 89.5 Å². The Morgan fingerprint density at radius 2 is 1.29 bits per heavy atom. The van der Waals surface area contributed by atoms with Crippen molar-refractivity contribution in [2.45, 2.75) is 53.5 Å². The molecule has 1 heteroatoms. The molecule has 0 bridgehead atoms. The lowest BCUT2D eigenvalue weighted by Gasteiger charge is -2.43. The highest BCUT2D eigenvalue weighted by Crippen LogP contribution is 2.39. The van der Waals surface area contributed by atoms with Crippen LogP contribution in [0.25, 0.3) is 0 Å². The van der Waals surface area contributed by atoms with Crippen LogP contribution >= 0.6 is 0 Å². The molecular weight excluding hydrogens is 170 g/mol. The van der Waals surface area contributed by atoms with E-state index in [1.165, 1.54) is 12.8 Å². The first-order valence-electron chi connectivity index (χ1n) is 6.19. The smallest absolute Gasteiger partial charge is 0.0101 e. The molecule has 1 rings (SSSR count). The zero-order valence-corrected chi connectivity index (χ0v) is 10.5. The van der Waals surface area contributed by atoms with Crippen molar-refractivity contribution in [3.05, 3.63) is 0 Å². The summed E-state index contributed by atoms with van der Waals surface area (Å²) in [4.78, 5) is 0. The van der Waals surface area contributed by atoms with E-state index in [0.717, 1.165) is 29.6 Å². The van der Waals surface area contributed by atoms with Gasteiger partial charge in [0.2, 0.25) is 0 Å². The lowest BCUT2D eigenvalue weighted by molar-refractivity contribution is 0.104. The van der Waals surface area contributed by atoms with Crippen LogP contribution in [0.4, 0.5) is 0 Å². The maximum Gasteiger partial charge on any atom is 0.0101 e. The highest BCUT2D eigenvalue weighted by Gasteiger charge is 2.36. The fraction of sp³-hybridized carbons (Fsp3) is 1.00. The van der Waals surface area contributed by atoms with Crippen LogP contribution in [-0.4, -0.2) is 6.04 Å². The van der Waals surface area contributed by atoms with Gasteiger partial charge in [-0.3, -0.25) is 0 Å². The molecular formula is C13H27N. The Kier molecular flexibility index (Phi) is 4.00. The van der Waals surface area contributed by atoms with Gasteiger partial charge in [0, 0.05) is 6.04 Å². The van der Waals surface area contributed by atoms with Crippen molar-refractivity contribution in [1.29, 1.82) is 0 Å². The van der Waals surface area contributed by atoms with Crippen molar-refractivity contribution >= 4 is 0 Å². The summed E-state index contributed by atoms with van der Waals surface area (Å²) >= 11 is 0. The van der Waals surface area contributed by atoms with E-state index in [-0.39, 0.29) is 0 Å². The van der Waals surface area contributed by atoms with Crippen LogP contribution in [0.3, 0.4) is 0 Å². The van der Waals surface area contributed by atoms with Crippen molar-refractivity contribution in [3.8, 4) is 0 Å². The number of rotatable bonds is 2. The van der Waals surface area contributed by atoms with Crippen molar-refractivity contribution in [2.24, 2.45) is 35.3 Å². The maximum absolute atomic E-state index is 6.39. The molecule has 1 nitrogen and oxygen atoms in total. The lowest BCUT2D eigenvalue weighted by atomic mass is 9.65. The van der Waals surface area contributed by atoms with Crippen LogP contribution in [0.5, 0.6) is 0 Å². The van der Waals surface area contributed by atoms with E-state index >= 15 is 0 Å². The van der Waals surface area contributed by atoms with Gasteiger partial charge in [-0.15, -0.1) is 0 Å². The van der Waals surface area contributed by atoms with Crippen LogP contribution in [0.2, 0.25) is 0 Å². The summed E-state index contributed by atoms with van der Waals surface area (Å²) in [6.45, 7) is 11.7. The van der Waals surface area contributed by atoms with Crippen LogP contribution in [0.15, 0.2) is 0 Å². The zero-order valence-electron chi connectivity index (χ0n) is 10.5. The summed E-state index contributed by atoms with van der Waals surface area (Å²) < 4.78 is 0. The fourth-order valence-electron chi connectivity index (χ4n) is 3.09. The number of hydrogen-bond acceptors (Lipinski definition) is 1. The summed E-state index contributed by atoms with van der Waals surface area (Å²) in [6.07, 6.45) is 2.67. The van der Waals surface area contributed by atoms with E-state index in [2.05, 4.69) is 34.6 Å². The summed E-state index contributed by atoms with van der Waals surface area (Å²) in [5.41, 5.74) is 6.39. The minimum atomic E-state index is 0.436. The fourth-order valence-corrected chi connectivity index (χ4v) is 3.09. The molecule has 0 radical (unpaired) electrons. The van der Waals surface area contributed by atoms with Crippen LogP contribution < -0.4 is 5.73 Å². The maximum atomic E-state index is 6.39. The standard InChI is InChI=1S/C13H27N/c1-8(2)11-6-10(5)7-12(9(3)4)13(11)14/h8-13H,6-7,14H2,1-5H3. The highest BCUT2D eigenvalue weighted by molar-refractivity contribution is 4.90. The molecule has 0 aromatic rings. The molecule has 1 aliphatic carbocycles. The predicted molar refractivity (Wildman–Crippen MR) is 63.0 cm³/mol. The van der Waals surface area contributed by atoms with Crippen molar-refractivity contribution in [3.63, 3.8) is 0 Å². The van der Waals surface area contributed by atoms with Gasteiger partial charge in [-0.05, 0) is 42.4 Å². The van der Waals surface area contributed by atoms with E-state index in [0.29, 0.717) is 6.04 Å². The summed E-state index contributed by atoms with van der Waals surface area (Å²) in [5, 5.41) is 0. The molecule has 1 saturated carbocycles. The summed E-state index contributed by atoms with van der Waals surface area (Å²) in [7, 11) is 0. The van der Waals surface area contributed by atoms with E-state index in [4.69, 9.17) is 5.73 Å². The molecule has 1 aliphatic rings. The Balaban J connectivity index is 2.70. The molecule has 0 saturated heterocycles. The largest absolute Gasteiger partial charge is 0.327 e. The van der Waals surface area contributed by atoms with Crippen LogP contribution in [0, 0.1) is 29.6 Å². The normalized spacial score (nSPS) is 39.4. The molecule has 2 N–H and O–H groups in total. The molecule has 0 aromatic heterocycles. The van der Waals surface area contributed by atoms with Gasteiger partial charge in [-0.25, -0.2) is 0 Å². The van der Waals surface area contributed by atoms with E-state index < -0.39 is 0 Å². The van der Waals surface area contributed by atoms with Crippen LogP contribution in [0.1, 0.15) is 47.5 Å². The number of nitrogens with two attached hydrogens (primary N) is 1. The Morgan fingerprint density at radius 1 is 0.929 bits per heavy atom. The van der Waals surface area contributed by atoms with Gasteiger partial charge in [0.25, 0.3) is 0 Å². The van der Waals surface area contributed by atoms with Gasteiger partial charge < -0.3 is 5.73 Å². The Morgan fingerprint density at radius 3 is 1.57 bits per heavy atom. The van der Waals surface area contributed by atoms with Gasteiger partial charge in [0.15, 0.2) is 0 Å². The second-order valence-corrected chi connectivity index (χ2v) is 5.97. The van der Waals surface area contributed by atoms with Gasteiger partial charge in [0.05, 0.1) is 0 Å².